The van der Waals surface area contributed by atoms with Gasteiger partial charge in [0.25, 0.3) is 0 Å². The third-order valence-electron chi connectivity index (χ3n) is 4.05. The lowest BCUT2D eigenvalue weighted by atomic mass is 10.0. The van der Waals surface area contributed by atoms with E-state index in [-0.39, 0.29) is 5.91 Å². The van der Waals surface area contributed by atoms with E-state index in [2.05, 4.69) is 19.2 Å². The monoisotopic (exact) mass is 289 g/mol. The number of carbonyl (C=O) groups excluding carboxylic acids is 1. The van der Waals surface area contributed by atoms with Crippen LogP contribution in [-0.2, 0) is 4.79 Å². The molecule has 1 aromatic rings. The first kappa shape index (κ1) is 15.9. The molecule has 3 heteroatoms. The van der Waals surface area contributed by atoms with Gasteiger partial charge in [-0.1, -0.05) is 26.7 Å². The molecular weight excluding hydrogens is 262 g/mol. The van der Waals surface area contributed by atoms with Crippen LogP contribution in [0.3, 0.4) is 0 Å². The normalized spacial score (nSPS) is 15.4. The highest BCUT2D eigenvalue weighted by Crippen LogP contribution is 2.28. The maximum Gasteiger partial charge on any atom is 0.224 e. The van der Waals surface area contributed by atoms with Gasteiger partial charge in [0.1, 0.15) is 5.75 Å². The number of hydrogen-bond acceptors (Lipinski definition) is 2. The van der Waals surface area contributed by atoms with E-state index in [9.17, 15) is 4.79 Å². The van der Waals surface area contributed by atoms with Crippen molar-refractivity contribution in [2.24, 2.45) is 11.8 Å². The molecule has 0 radical (unpaired) electrons. The summed E-state index contributed by atoms with van der Waals surface area (Å²) in [5.41, 5.74) is 0.856. The third kappa shape index (κ3) is 5.78. The van der Waals surface area contributed by atoms with Crippen LogP contribution in [0.1, 0.15) is 52.4 Å². The lowest BCUT2D eigenvalue weighted by Crippen LogP contribution is -2.15. The summed E-state index contributed by atoms with van der Waals surface area (Å²) >= 11 is 0. The van der Waals surface area contributed by atoms with Crippen LogP contribution in [0, 0.1) is 11.8 Å². The maximum atomic E-state index is 12.0. The van der Waals surface area contributed by atoms with Gasteiger partial charge in [-0.3, -0.25) is 4.79 Å². The number of nitrogens with one attached hydrogen (secondary N) is 1. The van der Waals surface area contributed by atoms with E-state index in [1.807, 2.05) is 24.3 Å². The van der Waals surface area contributed by atoms with Gasteiger partial charge >= 0.3 is 0 Å². The number of carbonyl (C=O) groups is 1. The van der Waals surface area contributed by atoms with E-state index in [0.29, 0.717) is 18.3 Å². The minimum atomic E-state index is 0.135. The Morgan fingerprint density at radius 2 is 1.90 bits per heavy atom. The van der Waals surface area contributed by atoms with Crippen molar-refractivity contribution in [3.05, 3.63) is 24.3 Å². The number of benzene rings is 1. The zero-order chi connectivity index (χ0) is 15.1. The molecule has 0 aromatic heterocycles. The van der Waals surface area contributed by atoms with Gasteiger partial charge in [-0.2, -0.15) is 0 Å². The quantitative estimate of drug-likeness (QED) is 0.794. The molecule has 116 valence electrons. The molecule has 1 saturated carbocycles. The average Bonchev–Trinajstić information content (AvgIpc) is 2.93. The summed E-state index contributed by atoms with van der Waals surface area (Å²) in [5, 5.41) is 2.98. The standard InChI is InChI=1S/C18H27NO2/c1-14(2)11-12-21-17-9-7-16(8-10-17)19-18(20)13-15-5-3-4-6-15/h7-10,14-15H,3-6,11-13H2,1-2H3,(H,19,20). The zero-order valence-electron chi connectivity index (χ0n) is 13.2. The first-order chi connectivity index (χ1) is 10.1. The van der Waals surface area contributed by atoms with Crippen LogP contribution >= 0.6 is 0 Å². The minimum absolute atomic E-state index is 0.135. The van der Waals surface area contributed by atoms with Crippen LogP contribution in [0.4, 0.5) is 5.69 Å². The van der Waals surface area contributed by atoms with Crippen molar-refractivity contribution in [3.63, 3.8) is 0 Å². The van der Waals surface area contributed by atoms with Crippen molar-refractivity contribution in [2.75, 3.05) is 11.9 Å². The fraction of sp³-hybridized carbons (Fsp3) is 0.611. The van der Waals surface area contributed by atoms with E-state index >= 15 is 0 Å². The molecule has 1 amide bonds. The van der Waals surface area contributed by atoms with Crippen molar-refractivity contribution in [3.8, 4) is 5.75 Å². The first-order valence-corrected chi connectivity index (χ1v) is 8.16. The molecule has 0 saturated heterocycles. The van der Waals surface area contributed by atoms with Crippen molar-refractivity contribution < 1.29 is 9.53 Å². The molecule has 0 unspecified atom stereocenters. The molecule has 0 atom stereocenters. The summed E-state index contributed by atoms with van der Waals surface area (Å²) in [6.45, 7) is 5.11. The minimum Gasteiger partial charge on any atom is -0.494 e. The highest BCUT2D eigenvalue weighted by molar-refractivity contribution is 5.90. The van der Waals surface area contributed by atoms with Crippen LogP contribution in [0.15, 0.2) is 24.3 Å². The lowest BCUT2D eigenvalue weighted by Gasteiger charge is -2.11. The molecule has 0 spiro atoms. The Morgan fingerprint density at radius 3 is 2.52 bits per heavy atom. The Morgan fingerprint density at radius 1 is 1.24 bits per heavy atom. The molecule has 1 fully saturated rings. The SMILES string of the molecule is CC(C)CCOc1ccc(NC(=O)CC2CCCC2)cc1. The maximum absolute atomic E-state index is 12.0. The molecule has 1 aliphatic rings. The Balaban J connectivity index is 1.74. The predicted molar refractivity (Wildman–Crippen MR) is 86.6 cm³/mol. The number of anilines is 1. The number of hydrogen-bond donors (Lipinski definition) is 1. The summed E-state index contributed by atoms with van der Waals surface area (Å²) in [6, 6.07) is 7.67. The Bertz CT molecular complexity index is 433. The smallest absolute Gasteiger partial charge is 0.224 e. The zero-order valence-corrected chi connectivity index (χ0v) is 13.2. The van der Waals surface area contributed by atoms with E-state index in [1.54, 1.807) is 0 Å². The van der Waals surface area contributed by atoms with Crippen molar-refractivity contribution in [1.82, 2.24) is 0 Å². The molecule has 0 bridgehead atoms. The van der Waals surface area contributed by atoms with Crippen LogP contribution in [0.2, 0.25) is 0 Å². The van der Waals surface area contributed by atoms with Crippen LogP contribution in [0.5, 0.6) is 5.75 Å². The van der Waals surface area contributed by atoms with Crippen molar-refractivity contribution in [1.29, 1.82) is 0 Å². The van der Waals surface area contributed by atoms with Gasteiger partial charge in [-0.15, -0.1) is 0 Å². The summed E-state index contributed by atoms with van der Waals surface area (Å²) in [6.07, 6.45) is 6.68. The van der Waals surface area contributed by atoms with E-state index in [0.717, 1.165) is 24.5 Å². The van der Waals surface area contributed by atoms with Gasteiger partial charge in [0.05, 0.1) is 6.61 Å². The Kier molecular flexibility index (Phi) is 6.09. The largest absolute Gasteiger partial charge is 0.494 e. The second kappa shape index (κ2) is 8.06. The van der Waals surface area contributed by atoms with Crippen molar-refractivity contribution in [2.45, 2.75) is 52.4 Å². The Hall–Kier alpha value is -1.51. The number of amides is 1. The molecule has 21 heavy (non-hydrogen) atoms. The molecule has 3 nitrogen and oxygen atoms in total. The van der Waals surface area contributed by atoms with Gasteiger partial charge in [0.15, 0.2) is 0 Å². The van der Waals surface area contributed by atoms with Gasteiger partial charge in [-0.05, 0) is 55.4 Å². The lowest BCUT2D eigenvalue weighted by molar-refractivity contribution is -0.117. The predicted octanol–water partition coefficient (Wildman–Crippen LogP) is 4.63. The molecule has 0 aliphatic heterocycles. The first-order valence-electron chi connectivity index (χ1n) is 8.16. The van der Waals surface area contributed by atoms with Crippen molar-refractivity contribution >= 4 is 11.6 Å². The molecule has 1 N–H and O–H groups in total. The molecule has 1 aliphatic carbocycles. The fourth-order valence-corrected chi connectivity index (χ4v) is 2.74. The number of ether oxygens (including phenoxy) is 1. The Labute approximate surface area is 128 Å². The summed E-state index contributed by atoms with van der Waals surface area (Å²) in [4.78, 5) is 12.0. The average molecular weight is 289 g/mol. The summed E-state index contributed by atoms with van der Waals surface area (Å²) in [7, 11) is 0. The van der Waals surface area contributed by atoms with E-state index < -0.39 is 0 Å². The van der Waals surface area contributed by atoms with Crippen LogP contribution in [0.25, 0.3) is 0 Å². The summed E-state index contributed by atoms with van der Waals surface area (Å²) < 4.78 is 5.67. The highest BCUT2D eigenvalue weighted by Gasteiger charge is 2.18. The fourth-order valence-electron chi connectivity index (χ4n) is 2.74. The second-order valence-corrected chi connectivity index (χ2v) is 6.46. The highest BCUT2D eigenvalue weighted by atomic mass is 16.5. The molecule has 0 heterocycles. The van der Waals surface area contributed by atoms with Crippen LogP contribution in [-0.4, -0.2) is 12.5 Å². The topological polar surface area (TPSA) is 38.3 Å². The van der Waals surface area contributed by atoms with E-state index in [1.165, 1.54) is 25.7 Å². The second-order valence-electron chi connectivity index (χ2n) is 6.46. The van der Waals surface area contributed by atoms with E-state index in [4.69, 9.17) is 4.74 Å². The third-order valence-corrected chi connectivity index (χ3v) is 4.05. The summed E-state index contributed by atoms with van der Waals surface area (Å²) in [5.74, 6) is 2.24. The van der Waals surface area contributed by atoms with Gasteiger partial charge in [-0.25, -0.2) is 0 Å². The van der Waals surface area contributed by atoms with Gasteiger partial charge < -0.3 is 10.1 Å². The molecular formula is C18H27NO2. The molecule has 2 rings (SSSR count). The van der Waals surface area contributed by atoms with Gasteiger partial charge in [0, 0.05) is 12.1 Å². The molecule has 1 aromatic carbocycles. The van der Waals surface area contributed by atoms with Crippen LogP contribution < -0.4 is 10.1 Å². The number of rotatable bonds is 7. The van der Waals surface area contributed by atoms with Gasteiger partial charge in [0.2, 0.25) is 5.91 Å².